The number of thioether (sulfide) groups is 1. The number of benzene rings is 1. The lowest BCUT2D eigenvalue weighted by Gasteiger charge is -2.17. The Morgan fingerprint density at radius 2 is 1.96 bits per heavy atom. The fourth-order valence-electron chi connectivity index (χ4n) is 3.26. The van der Waals surface area contributed by atoms with E-state index in [1.807, 2.05) is 24.4 Å². The monoisotopic (exact) mass is 358 g/mol. The lowest BCUT2D eigenvalue weighted by molar-refractivity contribution is -0.124. The maximum absolute atomic E-state index is 12.3. The molecule has 0 radical (unpaired) electrons. The van der Waals surface area contributed by atoms with Crippen LogP contribution >= 0.6 is 11.8 Å². The largest absolute Gasteiger partial charge is 0.369 e. The standard InChI is InChI=1S/C18H22N4O2S/c19-16(23)14(13-9-5-2-6-10-13)15-17(24)21-18(25-15)22-20-11-12-7-3-1-4-8-12/h2,5-6,9-12,14-15H,1,3-4,7-8H2,(H2,19,23)(H,21,22,24)/b20-11+. The molecule has 132 valence electrons. The lowest BCUT2D eigenvalue weighted by Crippen LogP contribution is -2.35. The van der Waals surface area contributed by atoms with Crippen molar-refractivity contribution in [3.63, 3.8) is 0 Å². The van der Waals surface area contributed by atoms with Crippen LogP contribution in [-0.2, 0) is 9.59 Å². The quantitative estimate of drug-likeness (QED) is 0.625. The Kier molecular flexibility index (Phi) is 5.86. The molecule has 2 fully saturated rings. The van der Waals surface area contributed by atoms with Gasteiger partial charge in [-0.05, 0) is 24.3 Å². The third-order valence-electron chi connectivity index (χ3n) is 4.57. The number of amidine groups is 1. The Balaban J connectivity index is 1.69. The maximum Gasteiger partial charge on any atom is 0.240 e. The van der Waals surface area contributed by atoms with Gasteiger partial charge in [0.25, 0.3) is 0 Å². The summed E-state index contributed by atoms with van der Waals surface area (Å²) < 4.78 is 0. The number of carbonyl (C=O) groups is 2. The molecule has 0 aromatic heterocycles. The molecule has 6 nitrogen and oxygen atoms in total. The smallest absolute Gasteiger partial charge is 0.240 e. The molecule has 2 amide bonds. The molecule has 0 spiro atoms. The van der Waals surface area contributed by atoms with E-state index in [0.717, 1.165) is 18.4 Å². The zero-order valence-electron chi connectivity index (χ0n) is 13.9. The molecule has 7 heteroatoms. The Morgan fingerprint density at radius 3 is 2.64 bits per heavy atom. The Bertz CT molecular complexity index is 684. The van der Waals surface area contributed by atoms with E-state index < -0.39 is 17.1 Å². The highest BCUT2D eigenvalue weighted by Gasteiger charge is 2.40. The van der Waals surface area contributed by atoms with E-state index >= 15 is 0 Å². The van der Waals surface area contributed by atoms with Crippen LogP contribution in [0.5, 0.6) is 0 Å². The highest BCUT2D eigenvalue weighted by atomic mass is 32.2. The van der Waals surface area contributed by atoms with E-state index in [1.165, 1.54) is 31.0 Å². The zero-order valence-corrected chi connectivity index (χ0v) is 14.7. The predicted molar refractivity (Wildman–Crippen MR) is 100 cm³/mol. The van der Waals surface area contributed by atoms with Gasteiger partial charge in [-0.25, -0.2) is 0 Å². The second-order valence-corrected chi connectivity index (χ2v) is 7.52. The first kappa shape index (κ1) is 17.7. The molecule has 2 unspecified atom stereocenters. The summed E-state index contributed by atoms with van der Waals surface area (Å²) in [6, 6.07) is 9.12. The summed E-state index contributed by atoms with van der Waals surface area (Å²) in [7, 11) is 0. The fourth-order valence-corrected chi connectivity index (χ4v) is 4.35. The number of hydrogen-bond acceptors (Lipinski definition) is 5. The molecule has 25 heavy (non-hydrogen) atoms. The highest BCUT2D eigenvalue weighted by Crippen LogP contribution is 2.33. The second-order valence-electron chi connectivity index (χ2n) is 6.39. The van der Waals surface area contributed by atoms with Gasteiger partial charge in [0.1, 0.15) is 5.25 Å². The fraction of sp³-hybridized carbons (Fsp3) is 0.444. The molecule has 1 saturated heterocycles. The Morgan fingerprint density at radius 1 is 1.24 bits per heavy atom. The summed E-state index contributed by atoms with van der Waals surface area (Å²) in [6.45, 7) is 0. The molecule has 1 aromatic rings. The number of rotatable bonds is 5. The van der Waals surface area contributed by atoms with E-state index in [0.29, 0.717) is 11.1 Å². The highest BCUT2D eigenvalue weighted by molar-refractivity contribution is 8.15. The molecule has 1 aromatic carbocycles. The number of primary amides is 1. The molecule has 1 saturated carbocycles. The minimum atomic E-state index is -0.693. The van der Waals surface area contributed by atoms with E-state index in [4.69, 9.17) is 5.73 Å². The van der Waals surface area contributed by atoms with Gasteiger partial charge < -0.3 is 11.1 Å². The van der Waals surface area contributed by atoms with Crippen molar-refractivity contribution in [1.82, 2.24) is 5.32 Å². The van der Waals surface area contributed by atoms with Crippen LogP contribution in [-0.4, -0.2) is 28.4 Å². The minimum absolute atomic E-state index is 0.260. The van der Waals surface area contributed by atoms with Crippen LogP contribution in [0.3, 0.4) is 0 Å². The third kappa shape index (κ3) is 4.48. The number of hydrogen-bond donors (Lipinski definition) is 2. The number of nitrogens with one attached hydrogen (secondary N) is 1. The van der Waals surface area contributed by atoms with E-state index in [2.05, 4.69) is 15.5 Å². The van der Waals surface area contributed by atoms with Crippen LogP contribution in [0.2, 0.25) is 0 Å². The molecule has 1 heterocycles. The van der Waals surface area contributed by atoms with Gasteiger partial charge in [0.15, 0.2) is 5.17 Å². The summed E-state index contributed by atoms with van der Waals surface area (Å²) in [5.41, 5.74) is 6.28. The SMILES string of the molecule is NC(=O)C(c1ccccc1)C1S/C(=N/N=C/C2CCCCC2)NC1=O. The van der Waals surface area contributed by atoms with E-state index in [1.54, 1.807) is 12.1 Å². The van der Waals surface area contributed by atoms with Crippen LogP contribution in [0.25, 0.3) is 0 Å². The van der Waals surface area contributed by atoms with E-state index in [-0.39, 0.29) is 5.91 Å². The predicted octanol–water partition coefficient (Wildman–Crippen LogP) is 2.41. The van der Waals surface area contributed by atoms with Crippen LogP contribution in [0, 0.1) is 5.92 Å². The summed E-state index contributed by atoms with van der Waals surface area (Å²) in [5.74, 6) is -1.00. The maximum atomic E-state index is 12.3. The molecular formula is C18H22N4O2S. The van der Waals surface area contributed by atoms with Gasteiger partial charge >= 0.3 is 0 Å². The molecular weight excluding hydrogens is 336 g/mol. The van der Waals surface area contributed by atoms with E-state index in [9.17, 15) is 9.59 Å². The average molecular weight is 358 g/mol. The van der Waals surface area contributed by atoms with Gasteiger partial charge in [-0.15, -0.1) is 5.10 Å². The topological polar surface area (TPSA) is 96.9 Å². The molecule has 3 N–H and O–H groups in total. The number of nitrogens with zero attached hydrogens (tertiary/aromatic N) is 2. The average Bonchev–Trinajstić information content (AvgIpc) is 2.97. The lowest BCUT2D eigenvalue weighted by atomic mass is 9.90. The van der Waals surface area contributed by atoms with Gasteiger partial charge in [-0.2, -0.15) is 5.10 Å². The second kappa shape index (κ2) is 8.29. The van der Waals surface area contributed by atoms with Crippen molar-refractivity contribution in [3.05, 3.63) is 35.9 Å². The Hall–Kier alpha value is -2.15. The molecule has 0 bridgehead atoms. The van der Waals surface area contributed by atoms with Gasteiger partial charge in [-0.3, -0.25) is 9.59 Å². The summed E-state index contributed by atoms with van der Waals surface area (Å²) in [4.78, 5) is 24.2. The van der Waals surface area contributed by atoms with Crippen molar-refractivity contribution in [2.45, 2.75) is 43.3 Å². The molecule has 1 aliphatic heterocycles. The summed E-state index contributed by atoms with van der Waals surface area (Å²) >= 11 is 1.21. The van der Waals surface area contributed by atoms with Gasteiger partial charge in [0.2, 0.25) is 11.8 Å². The molecule has 2 atom stereocenters. The number of carbonyl (C=O) groups excluding carboxylic acids is 2. The first-order chi connectivity index (χ1) is 12.1. The van der Waals surface area contributed by atoms with Crippen molar-refractivity contribution in [2.75, 3.05) is 0 Å². The minimum Gasteiger partial charge on any atom is -0.369 e. The summed E-state index contributed by atoms with van der Waals surface area (Å²) in [6.07, 6.45) is 7.92. The third-order valence-corrected chi connectivity index (χ3v) is 5.72. The van der Waals surface area contributed by atoms with Crippen molar-refractivity contribution in [3.8, 4) is 0 Å². The number of amides is 2. The first-order valence-electron chi connectivity index (χ1n) is 8.58. The van der Waals surface area contributed by atoms with Crippen molar-refractivity contribution >= 4 is 35.0 Å². The van der Waals surface area contributed by atoms with Crippen LogP contribution in [0.4, 0.5) is 0 Å². The van der Waals surface area contributed by atoms with Crippen LogP contribution in [0.1, 0.15) is 43.6 Å². The van der Waals surface area contributed by atoms with Crippen molar-refractivity contribution in [2.24, 2.45) is 21.9 Å². The van der Waals surface area contributed by atoms with Crippen molar-refractivity contribution < 1.29 is 9.59 Å². The first-order valence-corrected chi connectivity index (χ1v) is 9.46. The Labute approximate surface area is 151 Å². The van der Waals surface area contributed by atoms with Gasteiger partial charge in [0, 0.05) is 6.21 Å². The molecule has 2 aliphatic rings. The zero-order chi connectivity index (χ0) is 17.6. The number of nitrogens with two attached hydrogens (primary N) is 1. The summed E-state index contributed by atoms with van der Waals surface area (Å²) in [5, 5.41) is 10.8. The van der Waals surface area contributed by atoms with Gasteiger partial charge in [0.05, 0.1) is 5.92 Å². The van der Waals surface area contributed by atoms with Crippen LogP contribution in [0.15, 0.2) is 40.5 Å². The van der Waals surface area contributed by atoms with Crippen molar-refractivity contribution in [1.29, 1.82) is 0 Å². The van der Waals surface area contributed by atoms with Crippen LogP contribution < -0.4 is 11.1 Å². The van der Waals surface area contributed by atoms with Gasteiger partial charge in [-0.1, -0.05) is 61.4 Å². The molecule has 3 rings (SSSR count). The normalized spacial score (nSPS) is 24.6. The molecule has 1 aliphatic carbocycles.